The van der Waals surface area contributed by atoms with Crippen LogP contribution in [0.3, 0.4) is 0 Å². The summed E-state index contributed by atoms with van der Waals surface area (Å²) in [6, 6.07) is 13.1. The molecule has 4 aliphatic heterocycles. The van der Waals surface area contributed by atoms with Crippen LogP contribution in [-0.2, 0) is 27.1 Å². The number of aromatic nitrogens is 1. The topological polar surface area (TPSA) is 93.1 Å². The molecule has 256 valence electrons. The summed E-state index contributed by atoms with van der Waals surface area (Å²) in [7, 11) is 3.91. The summed E-state index contributed by atoms with van der Waals surface area (Å²) in [6.45, 7) is 4.16. The van der Waals surface area contributed by atoms with Crippen LogP contribution in [0.4, 0.5) is 0 Å². The van der Waals surface area contributed by atoms with Crippen LogP contribution in [0, 0.1) is 5.41 Å². The maximum Gasteiger partial charge on any atom is 0.263 e. The molecule has 6 aliphatic rings. The van der Waals surface area contributed by atoms with Gasteiger partial charge in [-0.25, -0.2) is 4.21 Å². The monoisotopic (exact) mass is 672 g/mol. The second-order valence-corrected chi connectivity index (χ2v) is 16.3. The van der Waals surface area contributed by atoms with E-state index in [4.69, 9.17) is 9.47 Å². The summed E-state index contributed by atoms with van der Waals surface area (Å²) < 4.78 is 28.9. The molecule has 9 nitrogen and oxygen atoms in total. The van der Waals surface area contributed by atoms with E-state index >= 15 is 0 Å². The van der Waals surface area contributed by atoms with Crippen molar-refractivity contribution in [1.82, 2.24) is 19.1 Å². The van der Waals surface area contributed by atoms with Crippen molar-refractivity contribution >= 4 is 33.7 Å². The van der Waals surface area contributed by atoms with E-state index < -0.39 is 16.4 Å². The van der Waals surface area contributed by atoms with Crippen molar-refractivity contribution in [3.05, 3.63) is 53.1 Å². The zero-order valence-corrected chi connectivity index (χ0v) is 29.4. The molecule has 0 radical (unpaired) electrons. The highest BCUT2D eigenvalue weighted by atomic mass is 32.2. The number of nitrogens with one attached hydrogen (secondary N) is 1. The lowest BCUT2D eigenvalue weighted by atomic mass is 9.81. The molecule has 10 heteroatoms. The minimum absolute atomic E-state index is 0.110. The lowest BCUT2D eigenvalue weighted by Gasteiger charge is -2.51. The minimum atomic E-state index is -1.57. The fourth-order valence-corrected chi connectivity index (χ4v) is 10.5. The summed E-state index contributed by atoms with van der Waals surface area (Å²) >= 11 is 0. The highest BCUT2D eigenvalue weighted by molar-refractivity contribution is 7.83. The van der Waals surface area contributed by atoms with Gasteiger partial charge in [0.2, 0.25) is 5.91 Å². The summed E-state index contributed by atoms with van der Waals surface area (Å²) in [4.78, 5) is 33.1. The van der Waals surface area contributed by atoms with Crippen molar-refractivity contribution in [2.45, 2.75) is 94.9 Å². The van der Waals surface area contributed by atoms with Gasteiger partial charge in [0.25, 0.3) is 5.91 Å². The predicted octanol–water partition coefficient (Wildman–Crippen LogP) is 5.59. The van der Waals surface area contributed by atoms with Crippen molar-refractivity contribution in [3.8, 4) is 17.0 Å². The van der Waals surface area contributed by atoms with Crippen molar-refractivity contribution < 1.29 is 23.3 Å². The Morgan fingerprint density at radius 2 is 1.81 bits per heavy atom. The van der Waals surface area contributed by atoms with Crippen LogP contribution in [-0.4, -0.2) is 88.7 Å². The molecule has 2 aliphatic carbocycles. The van der Waals surface area contributed by atoms with Gasteiger partial charge in [-0.15, -0.1) is 0 Å². The third-order valence-electron chi connectivity index (χ3n) is 12.3. The van der Waals surface area contributed by atoms with E-state index in [9.17, 15) is 13.8 Å². The summed E-state index contributed by atoms with van der Waals surface area (Å²) in [5, 5.41) is 1.16. The van der Waals surface area contributed by atoms with Gasteiger partial charge in [0.15, 0.2) is 0 Å². The normalized spacial score (nSPS) is 27.8. The number of rotatable bonds is 8. The molecule has 1 aromatic heterocycles. The molecule has 3 saturated heterocycles. The Hall–Kier alpha value is -3.21. The van der Waals surface area contributed by atoms with Crippen LogP contribution in [0.5, 0.6) is 5.75 Å². The molecule has 5 heterocycles. The quantitative estimate of drug-likeness (QED) is 0.336. The van der Waals surface area contributed by atoms with E-state index in [-0.39, 0.29) is 35.6 Å². The number of carbonyl (C=O) groups is 2. The molecule has 6 atom stereocenters. The first-order chi connectivity index (χ1) is 23.2. The van der Waals surface area contributed by atoms with Gasteiger partial charge in [-0.1, -0.05) is 25.3 Å². The Bertz CT molecular complexity index is 1800. The Morgan fingerprint density at radius 1 is 1.02 bits per heavy atom. The van der Waals surface area contributed by atoms with Gasteiger partial charge in [-0.05, 0) is 93.5 Å². The Morgan fingerprint density at radius 3 is 2.52 bits per heavy atom. The SMILES string of the molecule is COc1ccc2c(c1)C1CC1(C(=O)N1CC3CCC1CN3C)Cn1c-2c(C2CCCCC2)c2ccc(C(=O)NS(=O)CC(C)OC)cc21. The first kappa shape index (κ1) is 32.0. The molecule has 1 N–H and O–H groups in total. The number of hydrogen-bond donors (Lipinski definition) is 1. The molecule has 2 saturated carbocycles. The third-order valence-corrected chi connectivity index (χ3v) is 13.5. The average molecular weight is 673 g/mol. The standard InChI is InChI=1S/C38H48N4O5S/c1-23(46-3)21-48(45)39-36(43)25-10-14-30-33(16-25)42-22-38(37(44)41-20-26-11-12-27(41)19-40(26)2)18-32(38)31-17-28(47-4)13-15-29(31)35(42)34(30)24-8-6-5-7-9-24/h10,13-17,23-24,26-27,32H,5-9,11-12,18-22H2,1-4H3,(H,39,43). The van der Waals surface area contributed by atoms with E-state index in [1.165, 1.54) is 41.6 Å². The zero-order chi connectivity index (χ0) is 33.3. The van der Waals surface area contributed by atoms with Gasteiger partial charge in [0.05, 0.1) is 30.1 Å². The number of piperazine rings is 1. The van der Waals surface area contributed by atoms with Crippen LogP contribution in [0.15, 0.2) is 36.4 Å². The second-order valence-electron chi connectivity index (χ2n) is 15.1. The average Bonchev–Trinajstić information content (AvgIpc) is 3.77. The Balaban J connectivity index is 1.27. The van der Waals surface area contributed by atoms with E-state index in [2.05, 4.69) is 50.4 Å². The largest absolute Gasteiger partial charge is 0.497 e. The number of ether oxygens (including phenoxy) is 2. The van der Waals surface area contributed by atoms with Crippen molar-refractivity contribution in [1.29, 1.82) is 0 Å². The van der Waals surface area contributed by atoms with E-state index in [0.717, 1.165) is 61.8 Å². The van der Waals surface area contributed by atoms with Crippen LogP contribution >= 0.6 is 0 Å². The first-order valence-corrected chi connectivity index (χ1v) is 19.1. The number of benzene rings is 2. The summed E-state index contributed by atoms with van der Waals surface area (Å²) in [5.41, 5.74) is 5.85. The number of amides is 2. The number of hydrogen-bond acceptors (Lipinski definition) is 6. The van der Waals surface area contributed by atoms with Gasteiger partial charge in [-0.3, -0.25) is 19.2 Å². The molecule has 2 bridgehead atoms. The number of carbonyl (C=O) groups excluding carboxylic acids is 2. The lowest BCUT2D eigenvalue weighted by Crippen LogP contribution is -2.64. The van der Waals surface area contributed by atoms with Crippen LogP contribution in [0.25, 0.3) is 22.2 Å². The van der Waals surface area contributed by atoms with Gasteiger partial charge in [-0.2, -0.15) is 0 Å². The van der Waals surface area contributed by atoms with Gasteiger partial charge < -0.3 is 18.9 Å². The number of fused-ring (bicyclic) bond motifs is 10. The molecular formula is C38H48N4O5S. The maximum absolute atomic E-state index is 14.9. The van der Waals surface area contributed by atoms with E-state index in [1.54, 1.807) is 14.2 Å². The van der Waals surface area contributed by atoms with Gasteiger partial charge in [0.1, 0.15) is 16.7 Å². The fraction of sp³-hybridized carbons (Fsp3) is 0.579. The molecule has 48 heavy (non-hydrogen) atoms. The van der Waals surface area contributed by atoms with E-state index in [0.29, 0.717) is 24.1 Å². The number of likely N-dealkylation sites (N-methyl/N-ethyl adjacent to an activating group) is 1. The Labute approximate surface area is 285 Å². The molecule has 6 unspecified atom stereocenters. The highest BCUT2D eigenvalue weighted by Crippen LogP contribution is 2.66. The van der Waals surface area contributed by atoms with Gasteiger partial charge >= 0.3 is 0 Å². The van der Waals surface area contributed by atoms with Crippen molar-refractivity contribution in [2.75, 3.05) is 40.1 Å². The maximum atomic E-state index is 14.9. The van der Waals surface area contributed by atoms with Crippen LogP contribution in [0.2, 0.25) is 0 Å². The smallest absolute Gasteiger partial charge is 0.263 e. The molecule has 9 rings (SSSR count). The molecule has 0 spiro atoms. The number of methoxy groups -OCH3 is 2. The molecule has 2 amide bonds. The zero-order valence-electron chi connectivity index (χ0n) is 28.6. The minimum Gasteiger partial charge on any atom is -0.497 e. The van der Waals surface area contributed by atoms with Crippen LogP contribution in [0.1, 0.15) is 91.6 Å². The fourth-order valence-electron chi connectivity index (χ4n) is 9.48. The Kier molecular flexibility index (Phi) is 8.19. The molecule has 2 aromatic carbocycles. The van der Waals surface area contributed by atoms with E-state index in [1.807, 2.05) is 19.1 Å². The lowest BCUT2D eigenvalue weighted by molar-refractivity contribution is -0.147. The summed E-state index contributed by atoms with van der Waals surface area (Å²) in [6.07, 6.45) is 8.73. The molecule has 3 aromatic rings. The highest BCUT2D eigenvalue weighted by Gasteiger charge is 2.65. The van der Waals surface area contributed by atoms with Gasteiger partial charge in [0, 0.05) is 66.8 Å². The van der Waals surface area contributed by atoms with Crippen molar-refractivity contribution in [3.63, 3.8) is 0 Å². The molecular weight excluding hydrogens is 625 g/mol. The summed E-state index contributed by atoms with van der Waals surface area (Å²) in [5.74, 6) is 1.48. The number of piperidine rings is 2. The second kappa shape index (κ2) is 12.3. The van der Waals surface area contributed by atoms with Crippen LogP contribution < -0.4 is 9.46 Å². The molecule has 5 fully saturated rings. The van der Waals surface area contributed by atoms with Crippen molar-refractivity contribution in [2.24, 2.45) is 5.41 Å². The first-order valence-electron chi connectivity index (χ1n) is 17.8. The third kappa shape index (κ3) is 5.21. The predicted molar refractivity (Wildman–Crippen MR) is 188 cm³/mol. The number of nitrogens with zero attached hydrogens (tertiary/aromatic N) is 3.